The lowest BCUT2D eigenvalue weighted by Gasteiger charge is -2.27. The average Bonchev–Trinajstić information content (AvgIpc) is 2.92. The van der Waals surface area contributed by atoms with E-state index in [-0.39, 0.29) is 24.2 Å². The minimum Gasteiger partial charge on any atom is -0.481 e. The smallest absolute Gasteiger partial charge is 0.481 e. The number of nitrogens with zero attached hydrogens (tertiary/aromatic N) is 1. The van der Waals surface area contributed by atoms with Gasteiger partial charge in [-0.1, -0.05) is 37.6 Å². The maximum atomic E-state index is 13.7. The number of aliphatic carboxylic acids is 1. The first-order valence-electron chi connectivity index (χ1n) is 13.0. The molecule has 14 heteroatoms. The van der Waals surface area contributed by atoms with Crippen LogP contribution in [0.3, 0.4) is 0 Å². The predicted molar refractivity (Wildman–Crippen MR) is 142 cm³/mol. The van der Waals surface area contributed by atoms with Crippen LogP contribution in [0.2, 0.25) is 0 Å². The molecule has 2 atom stereocenters. The number of anilines is 1. The molecule has 2 amide bonds. The molecular weight excluding hydrogens is 584 g/mol. The standard InChI is InChI=1S/C29H27F6N3O5/c1-2-3-22(17-4-6-19(7-5-17)26(41)36-15-14-24(39)40)25(18-8-11-21(12-9-18)43-29(33,34)35)27(42)38-20-10-13-23(37-16-20)28(30,31)32/h4-13,16,22,25H,2-3,14-15H2,1H3,(H,36,41)(H,38,42)(H,39,40). The van der Waals surface area contributed by atoms with Gasteiger partial charge in [-0.2, -0.15) is 13.2 Å². The number of nitrogens with one attached hydrogen (secondary N) is 2. The molecular formula is C29H27F6N3O5. The molecule has 2 unspecified atom stereocenters. The Labute approximate surface area is 242 Å². The van der Waals surface area contributed by atoms with Gasteiger partial charge < -0.3 is 20.5 Å². The summed E-state index contributed by atoms with van der Waals surface area (Å²) < 4.78 is 80.8. The summed E-state index contributed by atoms with van der Waals surface area (Å²) in [5.41, 5.74) is -0.0390. The fourth-order valence-electron chi connectivity index (χ4n) is 4.40. The number of alkyl halides is 6. The highest BCUT2D eigenvalue weighted by Crippen LogP contribution is 2.39. The molecule has 0 aliphatic rings. The number of carboxylic acid groups (broad SMARTS) is 1. The summed E-state index contributed by atoms with van der Waals surface area (Å²) in [6.07, 6.45) is -8.04. The Hall–Kier alpha value is -4.62. The lowest BCUT2D eigenvalue weighted by Crippen LogP contribution is -2.27. The predicted octanol–water partition coefficient (Wildman–Crippen LogP) is 6.51. The van der Waals surface area contributed by atoms with Crippen molar-refractivity contribution in [2.75, 3.05) is 11.9 Å². The molecule has 230 valence electrons. The van der Waals surface area contributed by atoms with E-state index in [9.17, 15) is 40.7 Å². The largest absolute Gasteiger partial charge is 0.573 e. The van der Waals surface area contributed by atoms with E-state index in [2.05, 4.69) is 20.4 Å². The van der Waals surface area contributed by atoms with Crippen molar-refractivity contribution in [2.45, 2.75) is 50.6 Å². The summed E-state index contributed by atoms with van der Waals surface area (Å²) in [5, 5.41) is 13.8. The van der Waals surface area contributed by atoms with Gasteiger partial charge in [0.1, 0.15) is 11.4 Å². The van der Waals surface area contributed by atoms with Crippen molar-refractivity contribution in [3.8, 4) is 5.75 Å². The molecule has 8 nitrogen and oxygen atoms in total. The minimum atomic E-state index is -4.93. The molecule has 0 aliphatic heterocycles. The topological polar surface area (TPSA) is 118 Å². The maximum absolute atomic E-state index is 13.7. The Balaban J connectivity index is 1.95. The monoisotopic (exact) mass is 611 g/mol. The Kier molecular flexibility index (Phi) is 10.7. The minimum absolute atomic E-state index is 0.0244. The maximum Gasteiger partial charge on any atom is 0.573 e. The van der Waals surface area contributed by atoms with Gasteiger partial charge in [0.05, 0.1) is 24.2 Å². The fourth-order valence-corrected chi connectivity index (χ4v) is 4.40. The number of ether oxygens (including phenoxy) is 1. The van der Waals surface area contributed by atoms with Gasteiger partial charge >= 0.3 is 18.5 Å². The van der Waals surface area contributed by atoms with Crippen molar-refractivity contribution in [2.24, 2.45) is 0 Å². The number of hydrogen-bond acceptors (Lipinski definition) is 5. The molecule has 0 radical (unpaired) electrons. The highest BCUT2D eigenvalue weighted by molar-refractivity contribution is 5.97. The van der Waals surface area contributed by atoms with Crippen molar-refractivity contribution in [1.82, 2.24) is 10.3 Å². The number of halogens is 6. The van der Waals surface area contributed by atoms with Crippen LogP contribution in [-0.4, -0.2) is 40.8 Å². The van der Waals surface area contributed by atoms with Gasteiger partial charge in [-0.15, -0.1) is 13.2 Å². The third kappa shape index (κ3) is 9.72. The van der Waals surface area contributed by atoms with E-state index in [4.69, 9.17) is 5.11 Å². The molecule has 1 aromatic heterocycles. The second kappa shape index (κ2) is 14.0. The Bertz CT molecular complexity index is 1390. The van der Waals surface area contributed by atoms with E-state index in [0.29, 0.717) is 30.0 Å². The van der Waals surface area contributed by atoms with Crippen molar-refractivity contribution in [1.29, 1.82) is 0 Å². The number of benzene rings is 2. The SMILES string of the molecule is CCCC(c1ccc(C(=O)NCCC(=O)O)cc1)C(C(=O)Nc1ccc(C(F)(F)F)nc1)c1ccc(OC(F)(F)F)cc1. The quantitative estimate of drug-likeness (QED) is 0.201. The Morgan fingerprint density at radius 2 is 1.53 bits per heavy atom. The fraction of sp³-hybridized carbons (Fsp3) is 0.310. The van der Waals surface area contributed by atoms with E-state index < -0.39 is 53.6 Å². The first-order valence-corrected chi connectivity index (χ1v) is 13.0. The zero-order valence-electron chi connectivity index (χ0n) is 22.6. The van der Waals surface area contributed by atoms with Crippen LogP contribution in [0.4, 0.5) is 32.0 Å². The number of pyridine rings is 1. The van der Waals surface area contributed by atoms with Crippen LogP contribution in [0.25, 0.3) is 0 Å². The highest BCUT2D eigenvalue weighted by atomic mass is 19.4. The zero-order chi connectivity index (χ0) is 31.8. The summed E-state index contributed by atoms with van der Waals surface area (Å²) in [6, 6.07) is 12.6. The van der Waals surface area contributed by atoms with Gasteiger partial charge in [0.2, 0.25) is 5.91 Å². The van der Waals surface area contributed by atoms with E-state index in [1.54, 1.807) is 12.1 Å². The van der Waals surface area contributed by atoms with Crippen molar-refractivity contribution >= 4 is 23.5 Å². The molecule has 43 heavy (non-hydrogen) atoms. The van der Waals surface area contributed by atoms with Crippen molar-refractivity contribution < 1.29 is 50.6 Å². The van der Waals surface area contributed by atoms with Gasteiger partial charge in [-0.3, -0.25) is 14.4 Å². The van der Waals surface area contributed by atoms with E-state index in [0.717, 1.165) is 24.4 Å². The number of carbonyl (C=O) groups excluding carboxylic acids is 2. The third-order valence-corrected chi connectivity index (χ3v) is 6.30. The summed E-state index contributed by atoms with van der Waals surface area (Å²) in [7, 11) is 0. The number of aromatic nitrogens is 1. The van der Waals surface area contributed by atoms with Crippen LogP contribution in [0.15, 0.2) is 66.9 Å². The Morgan fingerprint density at radius 3 is 2.05 bits per heavy atom. The molecule has 0 bridgehead atoms. The van der Waals surface area contributed by atoms with Crippen LogP contribution >= 0.6 is 0 Å². The summed E-state index contributed by atoms with van der Waals surface area (Å²) in [4.78, 5) is 40.1. The summed E-state index contributed by atoms with van der Waals surface area (Å²) in [5.74, 6) is -4.35. The van der Waals surface area contributed by atoms with Crippen LogP contribution in [0.5, 0.6) is 5.75 Å². The van der Waals surface area contributed by atoms with Crippen LogP contribution < -0.4 is 15.4 Å². The van der Waals surface area contributed by atoms with Gasteiger partial charge in [-0.25, -0.2) is 4.98 Å². The molecule has 0 spiro atoms. The normalized spacial score (nSPS) is 13.1. The average molecular weight is 612 g/mol. The van der Waals surface area contributed by atoms with Gasteiger partial charge in [0.15, 0.2) is 0 Å². The highest BCUT2D eigenvalue weighted by Gasteiger charge is 2.34. The number of amides is 2. The van der Waals surface area contributed by atoms with E-state index >= 15 is 0 Å². The number of carbonyl (C=O) groups is 3. The first-order chi connectivity index (χ1) is 20.2. The van der Waals surface area contributed by atoms with E-state index in [1.165, 1.54) is 24.3 Å². The summed E-state index contributed by atoms with van der Waals surface area (Å²) >= 11 is 0. The molecule has 0 aliphatic carbocycles. The van der Waals surface area contributed by atoms with Crippen LogP contribution in [0.1, 0.15) is 65.2 Å². The Morgan fingerprint density at radius 1 is 0.907 bits per heavy atom. The molecule has 2 aromatic carbocycles. The second-order valence-electron chi connectivity index (χ2n) is 9.43. The van der Waals surface area contributed by atoms with Crippen LogP contribution in [0, 0.1) is 0 Å². The second-order valence-corrected chi connectivity index (χ2v) is 9.43. The molecule has 3 aromatic rings. The first kappa shape index (κ1) is 32.9. The lowest BCUT2D eigenvalue weighted by atomic mass is 9.78. The molecule has 3 rings (SSSR count). The summed E-state index contributed by atoms with van der Waals surface area (Å²) in [6.45, 7) is 1.77. The van der Waals surface area contributed by atoms with Gasteiger partial charge in [-0.05, 0) is 59.9 Å². The number of carboxylic acids is 1. The molecule has 3 N–H and O–H groups in total. The number of hydrogen-bond donors (Lipinski definition) is 3. The molecule has 0 saturated heterocycles. The molecule has 1 heterocycles. The third-order valence-electron chi connectivity index (χ3n) is 6.30. The van der Waals surface area contributed by atoms with Gasteiger partial charge in [0.25, 0.3) is 5.91 Å². The van der Waals surface area contributed by atoms with Crippen LogP contribution in [-0.2, 0) is 15.8 Å². The zero-order valence-corrected chi connectivity index (χ0v) is 22.6. The van der Waals surface area contributed by atoms with Crippen molar-refractivity contribution in [3.05, 3.63) is 89.2 Å². The molecule has 0 fully saturated rings. The van der Waals surface area contributed by atoms with Gasteiger partial charge in [0, 0.05) is 12.1 Å². The lowest BCUT2D eigenvalue weighted by molar-refractivity contribution is -0.274. The molecule has 0 saturated carbocycles. The number of rotatable bonds is 12. The van der Waals surface area contributed by atoms with E-state index in [1.807, 2.05) is 6.92 Å². The van der Waals surface area contributed by atoms with Crippen molar-refractivity contribution in [3.63, 3.8) is 0 Å².